The van der Waals surface area contributed by atoms with Crippen molar-refractivity contribution in [1.82, 2.24) is 15.1 Å². The highest BCUT2D eigenvalue weighted by Gasteiger charge is 2.46. The fraction of sp³-hybridized carbons (Fsp3) is 0.524. The number of amides is 1. The van der Waals surface area contributed by atoms with E-state index in [1.54, 1.807) is 0 Å². The van der Waals surface area contributed by atoms with Crippen molar-refractivity contribution in [2.24, 2.45) is 0 Å². The van der Waals surface area contributed by atoms with Crippen molar-refractivity contribution >= 4 is 11.7 Å². The summed E-state index contributed by atoms with van der Waals surface area (Å²) < 4.78 is 47.0. The maximum Gasteiger partial charge on any atom is 0.410 e. The van der Waals surface area contributed by atoms with Crippen LogP contribution in [0, 0.1) is 0 Å². The molecule has 0 aliphatic carbocycles. The summed E-state index contributed by atoms with van der Waals surface area (Å²) in [5.74, 6) is 0.532. The summed E-state index contributed by atoms with van der Waals surface area (Å²) in [6, 6.07) is 3.38. The van der Waals surface area contributed by atoms with Gasteiger partial charge in [0.25, 0.3) is 5.91 Å². The molecule has 0 fully saturated rings. The highest BCUT2D eigenvalue weighted by atomic mass is 19.4. The Labute approximate surface area is 172 Å². The van der Waals surface area contributed by atoms with Crippen LogP contribution < -0.4 is 15.4 Å². The number of rotatable bonds is 4. The molecule has 2 N–H and O–H groups in total. The predicted octanol–water partition coefficient (Wildman–Crippen LogP) is 4.40. The average Bonchev–Trinajstić information content (AvgIpc) is 3.15. The molecule has 9 heteroatoms. The van der Waals surface area contributed by atoms with Gasteiger partial charge in [-0.1, -0.05) is 19.1 Å². The van der Waals surface area contributed by atoms with E-state index >= 15 is 0 Å². The zero-order valence-electron chi connectivity index (χ0n) is 16.9. The van der Waals surface area contributed by atoms with E-state index in [9.17, 15) is 18.0 Å². The fourth-order valence-corrected chi connectivity index (χ4v) is 4.08. The van der Waals surface area contributed by atoms with Crippen LogP contribution in [0.1, 0.15) is 66.7 Å². The quantitative estimate of drug-likeness (QED) is 0.767. The fourth-order valence-electron chi connectivity index (χ4n) is 4.08. The van der Waals surface area contributed by atoms with Crippen molar-refractivity contribution in [2.45, 2.75) is 63.8 Å². The van der Waals surface area contributed by atoms with Gasteiger partial charge in [0.15, 0.2) is 6.04 Å². The van der Waals surface area contributed by atoms with Gasteiger partial charge in [-0.2, -0.15) is 18.3 Å². The van der Waals surface area contributed by atoms with Crippen molar-refractivity contribution in [2.75, 3.05) is 11.9 Å². The first-order valence-corrected chi connectivity index (χ1v) is 10.2. The summed E-state index contributed by atoms with van der Waals surface area (Å²) in [6.07, 6.45) is -0.938. The van der Waals surface area contributed by atoms with Gasteiger partial charge in [0.05, 0.1) is 18.8 Å². The minimum absolute atomic E-state index is 0.108. The molecule has 2 aliphatic rings. The molecule has 0 saturated heterocycles. The van der Waals surface area contributed by atoms with Crippen LogP contribution in [0.3, 0.4) is 0 Å². The molecule has 4 rings (SSSR count). The maximum atomic E-state index is 13.5. The molecule has 0 saturated carbocycles. The lowest BCUT2D eigenvalue weighted by atomic mass is 9.99. The second kappa shape index (κ2) is 7.85. The van der Waals surface area contributed by atoms with Crippen LogP contribution in [0.5, 0.6) is 5.75 Å². The van der Waals surface area contributed by atoms with E-state index < -0.39 is 18.1 Å². The first-order chi connectivity index (χ1) is 14.3. The van der Waals surface area contributed by atoms with Crippen LogP contribution in [0.15, 0.2) is 24.4 Å². The molecule has 162 valence electrons. The molecule has 1 unspecified atom stereocenters. The van der Waals surface area contributed by atoms with Gasteiger partial charge in [0, 0.05) is 6.04 Å². The highest BCUT2D eigenvalue weighted by Crippen LogP contribution is 2.40. The Morgan fingerprint density at radius 3 is 2.97 bits per heavy atom. The van der Waals surface area contributed by atoms with Crippen molar-refractivity contribution in [3.8, 4) is 5.75 Å². The van der Waals surface area contributed by atoms with E-state index in [0.717, 1.165) is 34.4 Å². The monoisotopic (exact) mass is 422 g/mol. The molecule has 0 spiro atoms. The second-order valence-electron chi connectivity index (χ2n) is 7.91. The van der Waals surface area contributed by atoms with E-state index in [1.807, 2.05) is 32.0 Å². The first-order valence-electron chi connectivity index (χ1n) is 10.2. The maximum absolute atomic E-state index is 13.5. The van der Waals surface area contributed by atoms with Crippen LogP contribution in [0.4, 0.5) is 19.0 Å². The van der Waals surface area contributed by atoms with E-state index in [-0.39, 0.29) is 29.9 Å². The summed E-state index contributed by atoms with van der Waals surface area (Å²) in [7, 11) is 0. The topological polar surface area (TPSA) is 68.2 Å². The molecule has 1 aromatic carbocycles. The zero-order chi connectivity index (χ0) is 21.5. The number of halogens is 3. The molecule has 1 amide bonds. The third kappa shape index (κ3) is 3.85. The highest BCUT2D eigenvalue weighted by molar-refractivity contribution is 5.99. The van der Waals surface area contributed by atoms with Gasteiger partial charge in [-0.25, -0.2) is 4.68 Å². The Kier molecular flexibility index (Phi) is 5.38. The molecule has 6 nitrogen and oxygen atoms in total. The van der Waals surface area contributed by atoms with E-state index in [2.05, 4.69) is 15.7 Å². The molecule has 30 heavy (non-hydrogen) atoms. The number of anilines is 1. The largest absolute Gasteiger partial charge is 0.493 e. The van der Waals surface area contributed by atoms with E-state index in [1.165, 1.54) is 6.20 Å². The van der Waals surface area contributed by atoms with Crippen LogP contribution in [-0.4, -0.2) is 34.5 Å². The second-order valence-corrected chi connectivity index (χ2v) is 7.91. The summed E-state index contributed by atoms with van der Waals surface area (Å²) >= 11 is 0. The number of carbonyl (C=O) groups is 1. The standard InChI is InChI=1S/C21H25F3N4O2/c1-3-15-10-18(21(22,23)24)28-19(27-15)16(11-25-28)20(29)26-12(2)13-6-7-17-14(9-13)5-4-8-30-17/h6-7,9,11-12,15,18,27H,3-5,8,10H2,1-2H3,(H,26,29)/t12?,15-,18-/m0/s1. The number of carbonyl (C=O) groups excluding carboxylic acids is 1. The van der Waals surface area contributed by atoms with Gasteiger partial charge in [0.1, 0.15) is 17.1 Å². The van der Waals surface area contributed by atoms with Gasteiger partial charge in [0.2, 0.25) is 0 Å². The molecule has 1 aromatic heterocycles. The Hall–Kier alpha value is -2.71. The lowest BCUT2D eigenvalue weighted by Gasteiger charge is -2.33. The smallest absolute Gasteiger partial charge is 0.410 e. The summed E-state index contributed by atoms with van der Waals surface area (Å²) in [4.78, 5) is 12.9. The average molecular weight is 422 g/mol. The number of aromatic nitrogens is 2. The number of hydrogen-bond donors (Lipinski definition) is 2. The van der Waals surface area contributed by atoms with Crippen molar-refractivity contribution in [1.29, 1.82) is 0 Å². The lowest BCUT2D eigenvalue weighted by Crippen LogP contribution is -2.39. The normalized spacial score (nSPS) is 21.6. The number of ether oxygens (including phenoxy) is 1. The molecular formula is C21H25F3N4O2. The van der Waals surface area contributed by atoms with Gasteiger partial charge >= 0.3 is 6.18 Å². The molecule has 3 heterocycles. The number of fused-ring (bicyclic) bond motifs is 2. The zero-order valence-corrected chi connectivity index (χ0v) is 16.9. The van der Waals surface area contributed by atoms with Gasteiger partial charge in [-0.15, -0.1) is 0 Å². The molecule has 2 aliphatic heterocycles. The summed E-state index contributed by atoms with van der Waals surface area (Å²) in [6.45, 7) is 4.37. The van der Waals surface area contributed by atoms with Crippen molar-refractivity contribution in [3.05, 3.63) is 41.1 Å². The Morgan fingerprint density at radius 2 is 2.23 bits per heavy atom. The van der Waals surface area contributed by atoms with Crippen molar-refractivity contribution in [3.63, 3.8) is 0 Å². The molecular weight excluding hydrogens is 397 g/mol. The predicted molar refractivity (Wildman–Crippen MR) is 106 cm³/mol. The van der Waals surface area contributed by atoms with Crippen LogP contribution in [0.2, 0.25) is 0 Å². The number of nitrogens with one attached hydrogen (secondary N) is 2. The lowest BCUT2D eigenvalue weighted by molar-refractivity contribution is -0.173. The number of alkyl halides is 3. The number of benzene rings is 1. The SMILES string of the molecule is CC[C@H]1C[C@@H](C(F)(F)F)n2ncc(C(=O)NC(C)c3ccc4c(c3)CCCO4)c2N1. The molecule has 0 bridgehead atoms. The number of hydrogen-bond acceptors (Lipinski definition) is 4. The minimum Gasteiger partial charge on any atom is -0.493 e. The Morgan fingerprint density at radius 1 is 1.43 bits per heavy atom. The third-order valence-corrected chi connectivity index (χ3v) is 5.83. The van der Waals surface area contributed by atoms with Crippen LogP contribution in [-0.2, 0) is 6.42 Å². The van der Waals surface area contributed by atoms with Gasteiger partial charge in [-0.05, 0) is 49.8 Å². The molecule has 0 radical (unpaired) electrons. The van der Waals surface area contributed by atoms with Gasteiger partial charge in [-0.3, -0.25) is 4.79 Å². The number of aryl methyl sites for hydroxylation is 1. The minimum atomic E-state index is -4.43. The van der Waals surface area contributed by atoms with Crippen molar-refractivity contribution < 1.29 is 22.7 Å². The third-order valence-electron chi connectivity index (χ3n) is 5.83. The van der Waals surface area contributed by atoms with E-state index in [4.69, 9.17) is 4.74 Å². The Bertz CT molecular complexity index is 941. The van der Waals surface area contributed by atoms with Crippen LogP contribution >= 0.6 is 0 Å². The first kappa shape index (κ1) is 20.6. The molecule has 3 atom stereocenters. The summed E-state index contributed by atoms with van der Waals surface area (Å²) in [5.41, 5.74) is 2.14. The van der Waals surface area contributed by atoms with E-state index in [0.29, 0.717) is 13.0 Å². The molecule has 2 aromatic rings. The van der Waals surface area contributed by atoms with Crippen LogP contribution in [0.25, 0.3) is 0 Å². The van der Waals surface area contributed by atoms with Gasteiger partial charge < -0.3 is 15.4 Å². The summed E-state index contributed by atoms with van der Waals surface area (Å²) in [5, 5.41) is 9.83. The Balaban J connectivity index is 1.55. The number of nitrogens with zero attached hydrogens (tertiary/aromatic N) is 2.